The van der Waals surface area contributed by atoms with E-state index >= 15 is 0 Å². The van der Waals surface area contributed by atoms with Gasteiger partial charge < -0.3 is 5.73 Å². The van der Waals surface area contributed by atoms with E-state index in [9.17, 15) is 9.59 Å². The molecule has 1 rings (SSSR count). The summed E-state index contributed by atoms with van der Waals surface area (Å²) in [6.07, 6.45) is 0.514. The number of carbonyl (C=O) groups excluding carboxylic acids is 2. The van der Waals surface area contributed by atoms with E-state index in [1.807, 2.05) is 6.92 Å². The first kappa shape index (κ1) is 12.1. The summed E-state index contributed by atoms with van der Waals surface area (Å²) in [6, 6.07) is -0.306. The van der Waals surface area contributed by atoms with Gasteiger partial charge in [0.25, 0.3) is 0 Å². The van der Waals surface area contributed by atoms with Crippen LogP contribution in [0, 0.1) is 0 Å². The molecule has 1 fully saturated rings. The van der Waals surface area contributed by atoms with E-state index in [4.69, 9.17) is 18.0 Å². The van der Waals surface area contributed by atoms with Crippen molar-refractivity contribution in [2.45, 2.75) is 32.4 Å². The van der Waals surface area contributed by atoms with Crippen molar-refractivity contribution in [3.05, 3.63) is 0 Å². The molecule has 0 aromatic carbocycles. The molecule has 0 bridgehead atoms. The van der Waals surface area contributed by atoms with Gasteiger partial charge in [0.2, 0.25) is 11.8 Å². The van der Waals surface area contributed by atoms with E-state index < -0.39 is 0 Å². The molecular formula is C9H15N3O2S. The summed E-state index contributed by atoms with van der Waals surface area (Å²) < 4.78 is 0. The van der Waals surface area contributed by atoms with Crippen LogP contribution in [0.5, 0.6) is 0 Å². The van der Waals surface area contributed by atoms with Gasteiger partial charge in [-0.25, -0.2) is 0 Å². The molecule has 2 atom stereocenters. The van der Waals surface area contributed by atoms with Crippen LogP contribution in [0.2, 0.25) is 0 Å². The van der Waals surface area contributed by atoms with Crippen molar-refractivity contribution in [2.24, 2.45) is 5.73 Å². The van der Waals surface area contributed by atoms with E-state index in [0.29, 0.717) is 11.4 Å². The first-order chi connectivity index (χ1) is 6.91. The maximum atomic E-state index is 11.4. The molecule has 2 unspecified atom stereocenters. The molecule has 6 heteroatoms. The molecule has 0 radical (unpaired) electrons. The minimum Gasteiger partial charge on any atom is -0.393 e. The SMILES string of the molecule is CC(CC(N)=S)N1CC(=O)NC(=O)C1C. The molecule has 3 N–H and O–H groups in total. The monoisotopic (exact) mass is 229 g/mol. The first-order valence-corrected chi connectivity index (χ1v) is 5.20. The molecule has 0 aliphatic carbocycles. The Morgan fingerprint density at radius 3 is 2.87 bits per heavy atom. The normalized spacial score (nSPS) is 24.8. The van der Waals surface area contributed by atoms with Gasteiger partial charge in [0, 0.05) is 12.5 Å². The van der Waals surface area contributed by atoms with Gasteiger partial charge in [-0.1, -0.05) is 12.2 Å². The van der Waals surface area contributed by atoms with Gasteiger partial charge in [0.15, 0.2) is 0 Å². The Morgan fingerprint density at radius 2 is 2.33 bits per heavy atom. The van der Waals surface area contributed by atoms with Crippen LogP contribution in [0.4, 0.5) is 0 Å². The van der Waals surface area contributed by atoms with Crippen LogP contribution in [0.25, 0.3) is 0 Å². The molecular weight excluding hydrogens is 214 g/mol. The van der Waals surface area contributed by atoms with Gasteiger partial charge in [0.1, 0.15) is 0 Å². The fourth-order valence-electron chi connectivity index (χ4n) is 1.68. The number of imide groups is 1. The number of rotatable bonds is 3. The summed E-state index contributed by atoms with van der Waals surface area (Å²) in [7, 11) is 0. The molecule has 15 heavy (non-hydrogen) atoms. The minimum atomic E-state index is -0.313. The fraction of sp³-hybridized carbons (Fsp3) is 0.667. The topological polar surface area (TPSA) is 75.4 Å². The van der Waals surface area contributed by atoms with E-state index in [2.05, 4.69) is 5.32 Å². The maximum absolute atomic E-state index is 11.4. The standard InChI is InChI=1S/C9H15N3O2S/c1-5(3-7(10)15)12-4-8(13)11-9(14)6(12)2/h5-6H,3-4H2,1-2H3,(H2,10,15)(H,11,13,14). The second-order valence-electron chi connectivity index (χ2n) is 3.78. The number of carbonyl (C=O) groups is 2. The third kappa shape index (κ3) is 2.97. The van der Waals surface area contributed by atoms with Gasteiger partial charge in [-0.05, 0) is 13.8 Å². The third-order valence-electron chi connectivity index (χ3n) is 2.53. The van der Waals surface area contributed by atoms with Crippen molar-refractivity contribution in [2.75, 3.05) is 6.54 Å². The largest absolute Gasteiger partial charge is 0.393 e. The highest BCUT2D eigenvalue weighted by Gasteiger charge is 2.33. The number of hydrogen-bond donors (Lipinski definition) is 2. The van der Waals surface area contributed by atoms with Crippen LogP contribution in [-0.4, -0.2) is 40.3 Å². The Bertz CT molecular complexity index is 306. The van der Waals surface area contributed by atoms with Crippen LogP contribution in [0.15, 0.2) is 0 Å². The lowest BCUT2D eigenvalue weighted by Gasteiger charge is -2.36. The quantitative estimate of drug-likeness (QED) is 0.499. The Labute approximate surface area is 94.0 Å². The number of amides is 2. The molecule has 1 saturated heterocycles. The van der Waals surface area contributed by atoms with Crippen molar-refractivity contribution in [1.29, 1.82) is 0 Å². The van der Waals surface area contributed by atoms with Crippen molar-refractivity contribution in [3.63, 3.8) is 0 Å². The number of piperazine rings is 1. The number of nitrogens with two attached hydrogens (primary N) is 1. The van der Waals surface area contributed by atoms with Gasteiger partial charge in [-0.3, -0.25) is 19.8 Å². The Hall–Kier alpha value is -1.01. The van der Waals surface area contributed by atoms with Gasteiger partial charge in [-0.2, -0.15) is 0 Å². The molecule has 2 amide bonds. The zero-order valence-electron chi connectivity index (χ0n) is 8.82. The molecule has 1 aliphatic rings. The maximum Gasteiger partial charge on any atom is 0.243 e. The lowest BCUT2D eigenvalue weighted by molar-refractivity contribution is -0.140. The van der Waals surface area contributed by atoms with Gasteiger partial charge >= 0.3 is 0 Å². The predicted molar refractivity (Wildman–Crippen MR) is 60.2 cm³/mol. The van der Waals surface area contributed by atoms with E-state index in [1.54, 1.807) is 11.8 Å². The third-order valence-corrected chi connectivity index (χ3v) is 2.70. The lowest BCUT2D eigenvalue weighted by Crippen LogP contribution is -2.59. The molecule has 1 heterocycles. The Morgan fingerprint density at radius 1 is 1.73 bits per heavy atom. The molecule has 1 aliphatic heterocycles. The second kappa shape index (κ2) is 4.67. The number of nitrogens with one attached hydrogen (secondary N) is 1. The summed E-state index contributed by atoms with van der Waals surface area (Å²) in [6.45, 7) is 3.88. The van der Waals surface area contributed by atoms with Crippen LogP contribution >= 0.6 is 12.2 Å². The highest BCUT2D eigenvalue weighted by atomic mass is 32.1. The van der Waals surface area contributed by atoms with Crippen LogP contribution in [-0.2, 0) is 9.59 Å². The minimum absolute atomic E-state index is 0.00694. The number of thiocarbonyl (C=S) groups is 1. The zero-order valence-corrected chi connectivity index (χ0v) is 9.63. The summed E-state index contributed by atoms with van der Waals surface area (Å²) in [4.78, 5) is 24.8. The summed E-state index contributed by atoms with van der Waals surface area (Å²) >= 11 is 4.80. The van der Waals surface area contributed by atoms with Gasteiger partial charge in [-0.15, -0.1) is 0 Å². The van der Waals surface area contributed by atoms with E-state index in [0.717, 1.165) is 0 Å². The molecule has 0 aromatic heterocycles. The highest BCUT2D eigenvalue weighted by Crippen LogP contribution is 2.12. The first-order valence-electron chi connectivity index (χ1n) is 4.79. The van der Waals surface area contributed by atoms with Crippen molar-refractivity contribution < 1.29 is 9.59 Å². The van der Waals surface area contributed by atoms with Gasteiger partial charge in [0.05, 0.1) is 17.6 Å². The Balaban J connectivity index is 2.70. The van der Waals surface area contributed by atoms with Crippen molar-refractivity contribution in [1.82, 2.24) is 10.2 Å². The van der Waals surface area contributed by atoms with Crippen LogP contribution in [0.3, 0.4) is 0 Å². The molecule has 0 saturated carbocycles. The van der Waals surface area contributed by atoms with Crippen molar-refractivity contribution in [3.8, 4) is 0 Å². The molecule has 84 valence electrons. The lowest BCUT2D eigenvalue weighted by atomic mass is 10.1. The zero-order chi connectivity index (χ0) is 11.6. The van der Waals surface area contributed by atoms with Crippen molar-refractivity contribution >= 4 is 29.0 Å². The summed E-state index contributed by atoms with van der Waals surface area (Å²) in [5.74, 6) is -0.533. The highest BCUT2D eigenvalue weighted by molar-refractivity contribution is 7.80. The van der Waals surface area contributed by atoms with E-state index in [-0.39, 0.29) is 30.4 Å². The molecule has 0 aromatic rings. The molecule has 5 nitrogen and oxygen atoms in total. The van der Waals surface area contributed by atoms with Crippen LogP contribution in [0.1, 0.15) is 20.3 Å². The molecule has 0 spiro atoms. The average Bonchev–Trinajstić information content (AvgIpc) is 2.09. The fourth-order valence-corrected chi connectivity index (χ4v) is 1.92. The van der Waals surface area contributed by atoms with Crippen LogP contribution < -0.4 is 11.1 Å². The summed E-state index contributed by atoms with van der Waals surface area (Å²) in [5.41, 5.74) is 5.43. The number of nitrogens with zero attached hydrogens (tertiary/aromatic N) is 1. The van der Waals surface area contributed by atoms with E-state index in [1.165, 1.54) is 0 Å². The number of hydrogen-bond acceptors (Lipinski definition) is 4. The smallest absolute Gasteiger partial charge is 0.243 e. The average molecular weight is 229 g/mol. The second-order valence-corrected chi connectivity index (χ2v) is 4.30. The Kier molecular flexibility index (Phi) is 3.76. The summed E-state index contributed by atoms with van der Waals surface area (Å²) in [5, 5.41) is 2.28. The predicted octanol–water partition coefficient (Wildman–Crippen LogP) is -0.602.